The number of carbonyl (C=O) groups is 1. The Balaban J connectivity index is 2.14. The van der Waals surface area contributed by atoms with Crippen molar-refractivity contribution in [3.63, 3.8) is 0 Å². The zero-order valence-corrected chi connectivity index (χ0v) is 11.0. The molecule has 2 aromatic heterocycles. The molecule has 5 nitrogen and oxygen atoms in total. The van der Waals surface area contributed by atoms with Gasteiger partial charge in [-0.05, 0) is 17.9 Å². The molecule has 1 N–H and O–H groups in total. The van der Waals surface area contributed by atoms with Gasteiger partial charge in [0.1, 0.15) is 0 Å². The molecule has 0 amide bonds. The fraction of sp³-hybridized carbons (Fsp3) is 0.417. The van der Waals surface area contributed by atoms with Crippen molar-refractivity contribution in [1.82, 2.24) is 15.0 Å². The summed E-state index contributed by atoms with van der Waals surface area (Å²) in [6, 6.07) is 4.08. The number of hydrogen-bond donors (Lipinski definition) is 1. The maximum Gasteiger partial charge on any atom is 0.358 e. The van der Waals surface area contributed by atoms with E-state index in [0.29, 0.717) is 13.0 Å². The van der Waals surface area contributed by atoms with Gasteiger partial charge in [0.2, 0.25) is 0 Å². The molecule has 2 aromatic rings. The van der Waals surface area contributed by atoms with E-state index in [2.05, 4.69) is 16.4 Å². The van der Waals surface area contributed by atoms with Crippen LogP contribution in [0.2, 0.25) is 0 Å². The van der Waals surface area contributed by atoms with Gasteiger partial charge in [-0.1, -0.05) is 24.6 Å². The molecule has 2 rings (SSSR count). The van der Waals surface area contributed by atoms with E-state index in [1.54, 1.807) is 16.0 Å². The van der Waals surface area contributed by atoms with E-state index in [-0.39, 0.29) is 5.69 Å². The molecule has 0 aromatic carbocycles. The lowest BCUT2D eigenvalue weighted by Gasteiger charge is -2.04. The molecule has 0 bridgehead atoms. The summed E-state index contributed by atoms with van der Waals surface area (Å²) in [5.74, 6) is -0.999. The van der Waals surface area contributed by atoms with Crippen molar-refractivity contribution in [3.8, 4) is 0 Å². The Morgan fingerprint density at radius 1 is 1.50 bits per heavy atom. The summed E-state index contributed by atoms with van der Waals surface area (Å²) in [7, 11) is 0. The van der Waals surface area contributed by atoms with Gasteiger partial charge in [0.25, 0.3) is 0 Å². The van der Waals surface area contributed by atoms with Crippen LogP contribution in [0, 0.1) is 0 Å². The Labute approximate surface area is 109 Å². The van der Waals surface area contributed by atoms with Gasteiger partial charge in [-0.2, -0.15) is 0 Å². The van der Waals surface area contributed by atoms with Crippen molar-refractivity contribution in [2.45, 2.75) is 32.7 Å². The summed E-state index contributed by atoms with van der Waals surface area (Å²) in [4.78, 5) is 12.3. The second kappa shape index (κ2) is 5.77. The fourth-order valence-corrected chi connectivity index (χ4v) is 2.53. The van der Waals surface area contributed by atoms with Gasteiger partial charge in [0.15, 0.2) is 5.69 Å². The molecule has 0 saturated carbocycles. The maximum absolute atomic E-state index is 11.0. The first-order valence-corrected chi connectivity index (χ1v) is 6.78. The second-order valence-corrected chi connectivity index (χ2v) is 5.02. The molecule has 0 atom stereocenters. The highest BCUT2D eigenvalue weighted by molar-refractivity contribution is 7.09. The molecule has 6 heteroatoms. The minimum absolute atomic E-state index is 0.0861. The van der Waals surface area contributed by atoms with E-state index in [1.807, 2.05) is 18.4 Å². The van der Waals surface area contributed by atoms with E-state index in [1.165, 1.54) is 4.88 Å². The molecule has 0 saturated heterocycles. The predicted octanol–water partition coefficient (Wildman–Crippen LogP) is 2.23. The van der Waals surface area contributed by atoms with Crippen molar-refractivity contribution in [3.05, 3.63) is 33.8 Å². The first-order chi connectivity index (χ1) is 8.72. The number of aryl methyl sites for hydroxylation is 2. The average molecular weight is 265 g/mol. The summed E-state index contributed by atoms with van der Waals surface area (Å²) < 4.78 is 1.71. The summed E-state index contributed by atoms with van der Waals surface area (Å²) in [6.07, 6.45) is 2.43. The second-order valence-electron chi connectivity index (χ2n) is 3.99. The zero-order valence-electron chi connectivity index (χ0n) is 10.2. The molecule has 0 unspecified atom stereocenters. The Hall–Kier alpha value is -1.69. The smallest absolute Gasteiger partial charge is 0.358 e. The largest absolute Gasteiger partial charge is 0.476 e. The van der Waals surface area contributed by atoms with E-state index < -0.39 is 5.97 Å². The highest BCUT2D eigenvalue weighted by Gasteiger charge is 2.17. The number of carboxylic acid groups (broad SMARTS) is 1. The van der Waals surface area contributed by atoms with Gasteiger partial charge in [-0.25, -0.2) is 9.48 Å². The zero-order chi connectivity index (χ0) is 13.0. The van der Waals surface area contributed by atoms with Crippen LogP contribution in [-0.4, -0.2) is 26.1 Å². The van der Waals surface area contributed by atoms with Crippen LogP contribution in [0.4, 0.5) is 0 Å². The highest BCUT2D eigenvalue weighted by Crippen LogP contribution is 2.13. The summed E-state index contributed by atoms with van der Waals surface area (Å²) in [5, 5.41) is 18.8. The third-order valence-electron chi connectivity index (χ3n) is 2.68. The van der Waals surface area contributed by atoms with Gasteiger partial charge < -0.3 is 5.11 Å². The van der Waals surface area contributed by atoms with Gasteiger partial charge in [0.05, 0.1) is 5.69 Å². The monoisotopic (exact) mass is 265 g/mol. The first kappa shape index (κ1) is 12.8. The SMILES string of the molecule is CCCc1c(C(=O)O)nnn1CCc1cccs1. The number of nitrogens with zero attached hydrogens (tertiary/aromatic N) is 3. The molecule has 18 heavy (non-hydrogen) atoms. The number of aromatic carboxylic acids is 1. The summed E-state index contributed by atoms with van der Waals surface area (Å²) >= 11 is 1.70. The van der Waals surface area contributed by atoms with E-state index in [9.17, 15) is 4.79 Å². The van der Waals surface area contributed by atoms with Crippen LogP contribution in [0.1, 0.15) is 34.4 Å². The van der Waals surface area contributed by atoms with Crippen LogP contribution in [0.15, 0.2) is 17.5 Å². The summed E-state index contributed by atoms with van der Waals surface area (Å²) in [6.45, 7) is 2.69. The molecule has 96 valence electrons. The van der Waals surface area contributed by atoms with Crippen molar-refractivity contribution < 1.29 is 9.90 Å². The van der Waals surface area contributed by atoms with Crippen LogP contribution < -0.4 is 0 Å². The normalized spacial score (nSPS) is 10.7. The van der Waals surface area contributed by atoms with Crippen LogP contribution in [0.5, 0.6) is 0 Å². The average Bonchev–Trinajstić information content (AvgIpc) is 2.95. The van der Waals surface area contributed by atoms with Crippen LogP contribution >= 0.6 is 11.3 Å². The first-order valence-electron chi connectivity index (χ1n) is 5.90. The minimum Gasteiger partial charge on any atom is -0.476 e. The molecule has 0 spiro atoms. The molecule has 0 fully saturated rings. The molecular formula is C12H15N3O2S. The Morgan fingerprint density at radius 2 is 2.33 bits per heavy atom. The lowest BCUT2D eigenvalue weighted by Crippen LogP contribution is -2.09. The van der Waals surface area contributed by atoms with Gasteiger partial charge in [0, 0.05) is 17.8 Å². The van der Waals surface area contributed by atoms with Crippen LogP contribution in [-0.2, 0) is 19.4 Å². The van der Waals surface area contributed by atoms with Gasteiger partial charge in [-0.3, -0.25) is 0 Å². The Bertz CT molecular complexity index is 519. The lowest BCUT2D eigenvalue weighted by atomic mass is 10.2. The molecule has 2 heterocycles. The third kappa shape index (κ3) is 2.76. The fourth-order valence-electron chi connectivity index (χ4n) is 1.83. The van der Waals surface area contributed by atoms with Crippen molar-refractivity contribution in [2.75, 3.05) is 0 Å². The Kier molecular flexibility index (Phi) is 4.09. The van der Waals surface area contributed by atoms with E-state index >= 15 is 0 Å². The standard InChI is InChI=1S/C12H15N3O2S/c1-2-4-10-11(12(16)17)13-14-15(10)7-6-9-5-3-8-18-9/h3,5,8H,2,4,6-7H2,1H3,(H,16,17). The number of thiophene rings is 1. The molecule has 0 aliphatic heterocycles. The predicted molar refractivity (Wildman–Crippen MR) is 69.0 cm³/mol. The molecule has 0 aliphatic carbocycles. The van der Waals surface area contributed by atoms with Crippen molar-refractivity contribution >= 4 is 17.3 Å². The minimum atomic E-state index is -0.999. The van der Waals surface area contributed by atoms with Crippen LogP contribution in [0.3, 0.4) is 0 Å². The molecule has 0 aliphatic rings. The van der Waals surface area contributed by atoms with Gasteiger partial charge in [-0.15, -0.1) is 16.4 Å². The Morgan fingerprint density at radius 3 is 2.94 bits per heavy atom. The quantitative estimate of drug-likeness (QED) is 0.869. The molecule has 0 radical (unpaired) electrons. The van der Waals surface area contributed by atoms with Gasteiger partial charge >= 0.3 is 5.97 Å². The van der Waals surface area contributed by atoms with Crippen LogP contribution in [0.25, 0.3) is 0 Å². The van der Waals surface area contributed by atoms with E-state index in [0.717, 1.165) is 18.5 Å². The van der Waals surface area contributed by atoms with Crippen molar-refractivity contribution in [1.29, 1.82) is 0 Å². The maximum atomic E-state index is 11.0. The number of aromatic nitrogens is 3. The summed E-state index contributed by atoms with van der Waals surface area (Å²) in [5.41, 5.74) is 0.810. The third-order valence-corrected chi connectivity index (χ3v) is 3.61. The number of carboxylic acids is 1. The lowest BCUT2D eigenvalue weighted by molar-refractivity contribution is 0.0689. The topological polar surface area (TPSA) is 68.0 Å². The highest BCUT2D eigenvalue weighted by atomic mass is 32.1. The van der Waals surface area contributed by atoms with E-state index in [4.69, 9.17) is 5.11 Å². The van der Waals surface area contributed by atoms with Crippen molar-refractivity contribution in [2.24, 2.45) is 0 Å². The molecular weight excluding hydrogens is 250 g/mol. The number of hydrogen-bond acceptors (Lipinski definition) is 4. The number of rotatable bonds is 6.